The number of fused-ring (bicyclic) bond motifs is 3. The van der Waals surface area contributed by atoms with Crippen LogP contribution in [0.15, 0.2) is 78.3 Å². The molecule has 1 aliphatic rings. The maximum Gasteiger partial charge on any atom is 0.113 e. The molecule has 5 rings (SSSR count). The Morgan fingerprint density at radius 2 is 1.53 bits per heavy atom. The molecular formula is C41H45NO. The average Bonchev–Trinajstić information content (AvgIpc) is 3.43. The van der Waals surface area contributed by atoms with Crippen LogP contribution in [0.5, 0.6) is 0 Å². The molecule has 0 aliphatic heterocycles. The molecular weight excluding hydrogens is 522 g/mol. The van der Waals surface area contributed by atoms with Gasteiger partial charge in [0.15, 0.2) is 0 Å². The Kier molecular flexibility index (Phi) is 8.25. The summed E-state index contributed by atoms with van der Waals surface area (Å²) in [5.41, 5.74) is 15.5. The topological polar surface area (TPSA) is 16.4 Å². The summed E-state index contributed by atoms with van der Waals surface area (Å²) in [4.78, 5) is 2.40. The molecule has 0 saturated heterocycles. The van der Waals surface area contributed by atoms with Gasteiger partial charge in [0.25, 0.3) is 0 Å². The van der Waals surface area contributed by atoms with Crippen molar-refractivity contribution in [2.75, 3.05) is 4.90 Å². The van der Waals surface area contributed by atoms with E-state index in [0.717, 1.165) is 58.1 Å². The van der Waals surface area contributed by atoms with Gasteiger partial charge in [-0.05, 0) is 97.3 Å². The van der Waals surface area contributed by atoms with Crippen LogP contribution in [0.1, 0.15) is 97.1 Å². The van der Waals surface area contributed by atoms with Crippen LogP contribution >= 0.6 is 0 Å². The lowest BCUT2D eigenvalue weighted by Crippen LogP contribution is -2.19. The van der Waals surface area contributed by atoms with Gasteiger partial charge in [-0.25, -0.2) is 0 Å². The van der Waals surface area contributed by atoms with Gasteiger partial charge in [0.2, 0.25) is 0 Å². The maximum atomic E-state index is 6.39. The van der Waals surface area contributed by atoms with E-state index in [4.69, 9.17) is 4.42 Å². The van der Waals surface area contributed by atoms with E-state index in [-0.39, 0.29) is 5.41 Å². The third kappa shape index (κ3) is 4.93. The van der Waals surface area contributed by atoms with Crippen LogP contribution in [0.4, 0.5) is 11.4 Å². The molecule has 0 amide bonds. The van der Waals surface area contributed by atoms with Crippen molar-refractivity contribution >= 4 is 35.3 Å². The molecule has 1 aliphatic carbocycles. The summed E-state index contributed by atoms with van der Waals surface area (Å²) in [5.74, 6) is 1.96. The minimum Gasteiger partial charge on any atom is -0.465 e. The fourth-order valence-electron chi connectivity index (χ4n) is 6.77. The van der Waals surface area contributed by atoms with Crippen LogP contribution in [0.3, 0.4) is 0 Å². The van der Waals surface area contributed by atoms with Gasteiger partial charge in [-0.3, -0.25) is 0 Å². The first-order valence-electron chi connectivity index (χ1n) is 15.5. The van der Waals surface area contributed by atoms with E-state index >= 15 is 0 Å². The molecule has 1 heterocycles. The van der Waals surface area contributed by atoms with Gasteiger partial charge >= 0.3 is 0 Å². The summed E-state index contributed by atoms with van der Waals surface area (Å²) in [7, 11) is 0. The van der Waals surface area contributed by atoms with E-state index in [0.29, 0.717) is 0 Å². The third-order valence-corrected chi connectivity index (χ3v) is 9.01. The molecule has 0 N–H and O–H groups in total. The quantitative estimate of drug-likeness (QED) is 0.200. The number of aryl methyl sites for hydroxylation is 4. The highest BCUT2D eigenvalue weighted by Gasteiger charge is 2.38. The van der Waals surface area contributed by atoms with Gasteiger partial charge in [0.05, 0.1) is 5.70 Å². The molecule has 0 fully saturated rings. The Morgan fingerprint density at radius 1 is 0.860 bits per heavy atom. The molecule has 1 aromatic heterocycles. The van der Waals surface area contributed by atoms with Crippen LogP contribution in [0.25, 0.3) is 35.1 Å². The average molecular weight is 568 g/mol. The Bertz CT molecular complexity index is 1770. The first kappa shape index (κ1) is 30.2. The van der Waals surface area contributed by atoms with Crippen molar-refractivity contribution in [3.63, 3.8) is 0 Å². The first-order chi connectivity index (χ1) is 20.6. The second kappa shape index (κ2) is 11.8. The predicted octanol–water partition coefficient (Wildman–Crippen LogP) is 12.0. The second-order valence-corrected chi connectivity index (χ2v) is 12.1. The third-order valence-electron chi connectivity index (χ3n) is 9.01. The van der Waals surface area contributed by atoms with Crippen molar-refractivity contribution in [2.24, 2.45) is 0 Å². The van der Waals surface area contributed by atoms with Gasteiger partial charge < -0.3 is 9.32 Å². The zero-order valence-electron chi connectivity index (χ0n) is 27.2. The highest BCUT2D eigenvalue weighted by Crippen LogP contribution is 2.53. The van der Waals surface area contributed by atoms with Gasteiger partial charge in [-0.1, -0.05) is 101 Å². The highest BCUT2D eigenvalue weighted by molar-refractivity contribution is 5.95. The van der Waals surface area contributed by atoms with Crippen LogP contribution in [-0.2, 0) is 11.8 Å². The fraction of sp³-hybridized carbons (Fsp3) is 0.268. The largest absolute Gasteiger partial charge is 0.465 e. The number of hydrogen-bond donors (Lipinski definition) is 0. The summed E-state index contributed by atoms with van der Waals surface area (Å²) in [6.45, 7) is 25.9. The monoisotopic (exact) mass is 567 g/mol. The van der Waals surface area contributed by atoms with Crippen LogP contribution in [-0.4, -0.2) is 0 Å². The zero-order valence-corrected chi connectivity index (χ0v) is 27.2. The number of furan rings is 1. The lowest BCUT2D eigenvalue weighted by Gasteiger charge is -2.30. The van der Waals surface area contributed by atoms with E-state index in [2.05, 4.69) is 140 Å². The molecule has 2 nitrogen and oxygen atoms in total. The number of hydrogen-bond acceptors (Lipinski definition) is 2. The van der Waals surface area contributed by atoms with Gasteiger partial charge in [0, 0.05) is 34.3 Å². The van der Waals surface area contributed by atoms with Crippen molar-refractivity contribution in [2.45, 2.75) is 73.6 Å². The number of allylic oxidation sites excluding steroid dienone is 2. The van der Waals surface area contributed by atoms with E-state index < -0.39 is 0 Å². The Hall–Kier alpha value is -4.30. The van der Waals surface area contributed by atoms with Crippen molar-refractivity contribution in [1.29, 1.82) is 0 Å². The fourth-order valence-corrected chi connectivity index (χ4v) is 6.77. The summed E-state index contributed by atoms with van der Waals surface area (Å²) < 4.78 is 6.39. The molecule has 4 aromatic rings. The van der Waals surface area contributed by atoms with Gasteiger partial charge in [-0.15, -0.1) is 0 Å². The molecule has 3 aromatic carbocycles. The van der Waals surface area contributed by atoms with Crippen molar-refractivity contribution < 1.29 is 4.42 Å². The van der Waals surface area contributed by atoms with Crippen LogP contribution in [0, 0.1) is 20.8 Å². The summed E-state index contributed by atoms with van der Waals surface area (Å²) in [5, 5.41) is 0. The van der Waals surface area contributed by atoms with Gasteiger partial charge in [0.1, 0.15) is 11.5 Å². The normalized spacial score (nSPS) is 13.7. The smallest absolute Gasteiger partial charge is 0.113 e. The lowest BCUT2D eigenvalue weighted by molar-refractivity contribution is 0.487. The summed E-state index contributed by atoms with van der Waals surface area (Å²) in [6.07, 6.45) is 12.4. The first-order valence-corrected chi connectivity index (χ1v) is 15.5. The Labute approximate surface area is 258 Å². The number of anilines is 2. The van der Waals surface area contributed by atoms with E-state index in [1.165, 1.54) is 38.9 Å². The van der Waals surface area contributed by atoms with Crippen LogP contribution in [0.2, 0.25) is 0 Å². The summed E-state index contributed by atoms with van der Waals surface area (Å²) in [6, 6.07) is 18.2. The lowest BCUT2D eigenvalue weighted by atomic mass is 9.80. The van der Waals surface area contributed by atoms with Crippen molar-refractivity contribution in [3.8, 4) is 11.1 Å². The zero-order chi connectivity index (χ0) is 31.1. The minimum atomic E-state index is -0.173. The molecule has 0 unspecified atom stereocenters. The Balaban J connectivity index is 1.78. The molecule has 0 atom stereocenters. The van der Waals surface area contributed by atoms with Crippen LogP contribution < -0.4 is 4.90 Å². The molecule has 0 bridgehead atoms. The summed E-state index contributed by atoms with van der Waals surface area (Å²) >= 11 is 0. The molecule has 0 radical (unpaired) electrons. The van der Waals surface area contributed by atoms with E-state index in [1.54, 1.807) is 0 Å². The Morgan fingerprint density at radius 3 is 2.14 bits per heavy atom. The molecule has 43 heavy (non-hydrogen) atoms. The standard InChI is InChI=1S/C41H45NO/c1-11-16-17-33-28(8)43-38(15-5)40(33)37(14-4)42(29-20-18-26(6)19-21-29)30-22-23-34-35(25-30)41(9,10)36-24-27(7)31(12-2)32(13-3)39(34)36/h12-14,16-25H,2-3,11,15H2,1,4-10H3/b17-16-,37-14+. The predicted molar refractivity (Wildman–Crippen MR) is 188 cm³/mol. The van der Waals surface area contributed by atoms with E-state index in [9.17, 15) is 0 Å². The maximum absolute atomic E-state index is 6.39. The molecule has 2 heteroatoms. The molecule has 0 saturated carbocycles. The minimum absolute atomic E-state index is 0.173. The number of rotatable bonds is 9. The van der Waals surface area contributed by atoms with Gasteiger partial charge in [-0.2, -0.15) is 0 Å². The number of nitrogens with zero attached hydrogens (tertiary/aromatic N) is 1. The van der Waals surface area contributed by atoms with Crippen molar-refractivity contribution in [3.05, 3.63) is 130 Å². The van der Waals surface area contributed by atoms with E-state index in [1.807, 2.05) is 12.2 Å². The molecule has 0 spiro atoms. The van der Waals surface area contributed by atoms with Crippen molar-refractivity contribution in [1.82, 2.24) is 0 Å². The SMILES string of the molecule is C=Cc1c(C)cc2c(c1C=C)-c1ccc(N(/C(=C/C)c3c(CC)oc(C)c3/C=C\CC)c3ccc(C)cc3)cc1C2(C)C. The number of benzene rings is 3. The molecule has 220 valence electrons. The second-order valence-electron chi connectivity index (χ2n) is 12.1. The highest BCUT2D eigenvalue weighted by atomic mass is 16.3.